The van der Waals surface area contributed by atoms with Gasteiger partial charge in [-0.3, -0.25) is 4.79 Å². The first kappa shape index (κ1) is 31.5. The zero-order valence-corrected chi connectivity index (χ0v) is 22.7. The lowest BCUT2D eigenvalue weighted by Crippen LogP contribution is -2.35. The van der Waals surface area contributed by atoms with E-state index in [1.54, 1.807) is 0 Å². The molecule has 0 aromatic heterocycles. The molecule has 0 spiro atoms. The average molecular weight is 687 g/mol. The summed E-state index contributed by atoms with van der Waals surface area (Å²) in [5.74, 6) is -6.20. The summed E-state index contributed by atoms with van der Waals surface area (Å²) < 4.78 is 121. The molecule has 0 aliphatic rings. The summed E-state index contributed by atoms with van der Waals surface area (Å²) in [6.07, 6.45) is -12.4. The molecule has 0 aliphatic carbocycles. The molecule has 37 heavy (non-hydrogen) atoms. The first-order valence-electron chi connectivity index (χ1n) is 10.3. The highest BCUT2D eigenvalue weighted by molar-refractivity contribution is 9.13. The van der Waals surface area contributed by atoms with Crippen molar-refractivity contribution in [3.63, 3.8) is 0 Å². The fraction of sp³-hybridized carbons (Fsp3) is 0.348. The second-order valence-electron chi connectivity index (χ2n) is 7.81. The van der Waals surface area contributed by atoms with Crippen molar-refractivity contribution >= 4 is 55.4 Å². The lowest BCUT2D eigenvalue weighted by Gasteiger charge is -2.19. The van der Waals surface area contributed by atoms with E-state index in [4.69, 9.17) is 0 Å². The Morgan fingerprint density at radius 1 is 1.03 bits per heavy atom. The molecule has 0 fully saturated rings. The molecule has 0 bridgehead atoms. The van der Waals surface area contributed by atoms with Crippen molar-refractivity contribution in [3.05, 3.63) is 73.7 Å². The average Bonchev–Trinajstić information content (AvgIpc) is 2.77. The number of alkyl halides is 8. The maximum absolute atomic E-state index is 14.9. The molecule has 14 heteroatoms. The van der Waals surface area contributed by atoms with Gasteiger partial charge in [0.2, 0.25) is 0 Å². The van der Waals surface area contributed by atoms with Gasteiger partial charge in [0.15, 0.2) is 0 Å². The minimum absolute atomic E-state index is 0.157. The highest BCUT2D eigenvalue weighted by Crippen LogP contribution is 2.40. The third-order valence-electron chi connectivity index (χ3n) is 4.79. The second kappa shape index (κ2) is 12.9. The minimum Gasteiger partial charge on any atom is -0.349 e. The van der Waals surface area contributed by atoms with Crippen molar-refractivity contribution in [2.24, 2.45) is 0 Å². The van der Waals surface area contributed by atoms with Crippen LogP contribution in [-0.4, -0.2) is 35.8 Å². The van der Waals surface area contributed by atoms with Crippen LogP contribution in [0.4, 0.5) is 39.5 Å². The zero-order valence-electron chi connectivity index (χ0n) is 18.7. The van der Waals surface area contributed by atoms with Crippen LogP contribution in [0.1, 0.15) is 46.3 Å². The number of hydrogen-bond acceptors (Lipinski definition) is 2. The van der Waals surface area contributed by atoms with E-state index in [1.807, 2.05) is 0 Å². The smallest absolute Gasteiger partial charge is 0.349 e. The number of carbonyl (C=O) groups is 1. The third-order valence-corrected chi connectivity index (χ3v) is 7.93. The third kappa shape index (κ3) is 9.54. The number of allylic oxidation sites excluding steroid dienone is 1. The lowest BCUT2D eigenvalue weighted by molar-refractivity contribution is -0.139. The van der Waals surface area contributed by atoms with E-state index < -0.39 is 64.9 Å². The Kier molecular flexibility index (Phi) is 11.0. The van der Waals surface area contributed by atoms with E-state index in [2.05, 4.69) is 37.2 Å². The van der Waals surface area contributed by atoms with Gasteiger partial charge in [-0.15, -0.1) is 0 Å². The van der Waals surface area contributed by atoms with Crippen molar-refractivity contribution in [1.82, 2.24) is 5.32 Å². The fourth-order valence-electron chi connectivity index (χ4n) is 3.12. The molecule has 1 amide bonds. The Hall–Kier alpha value is -1.67. The Morgan fingerprint density at radius 2 is 1.68 bits per heavy atom. The molecule has 2 atom stereocenters. The largest absolute Gasteiger partial charge is 0.399 e. The number of nitrogens with one attached hydrogen (secondary N) is 1. The van der Waals surface area contributed by atoms with Gasteiger partial charge in [0, 0.05) is 37.4 Å². The van der Waals surface area contributed by atoms with Crippen LogP contribution in [0.5, 0.6) is 0 Å². The molecule has 1 unspecified atom stereocenters. The molecule has 0 saturated heterocycles. The van der Waals surface area contributed by atoms with Gasteiger partial charge in [-0.05, 0) is 74.7 Å². The van der Waals surface area contributed by atoms with E-state index in [-0.39, 0.29) is 21.9 Å². The SMILES string of the molecule is C[C@H](CSCC(F)(F)F)NC(=O)c1ccc(/C(F)=C/C(c2ccc(Br)c(Br)c2)C(F)(F)F)cc1C(F)F. The first-order chi connectivity index (χ1) is 17.0. The van der Waals surface area contributed by atoms with Crippen molar-refractivity contribution in [2.45, 2.75) is 37.7 Å². The molecule has 2 rings (SSSR count). The molecule has 204 valence electrons. The van der Waals surface area contributed by atoms with Crippen molar-refractivity contribution < 1.29 is 44.3 Å². The highest BCUT2D eigenvalue weighted by Gasteiger charge is 2.40. The standard InChI is InChI=1S/C23H18Br2F9NOS/c1-11(9-37-10-22(29,30)31)35-21(36)14-4-2-13(6-15(14)20(27)28)19(26)8-16(23(32,33)34)12-3-5-17(24)18(25)7-12/h2-8,11,16,20H,9-10H2,1H3,(H,35,36)/b19-8-/t11-,16?/m1/s1. The molecular formula is C23H18Br2F9NOS. The van der Waals surface area contributed by atoms with Gasteiger partial charge in [-0.2, -0.15) is 38.1 Å². The topological polar surface area (TPSA) is 29.1 Å². The Balaban J connectivity index is 2.32. The molecule has 0 aliphatic heterocycles. The highest BCUT2D eigenvalue weighted by atomic mass is 79.9. The quantitative estimate of drug-likeness (QED) is 0.267. The van der Waals surface area contributed by atoms with Crippen molar-refractivity contribution in [2.75, 3.05) is 11.5 Å². The van der Waals surface area contributed by atoms with Crippen LogP contribution in [0.2, 0.25) is 0 Å². The van der Waals surface area contributed by atoms with Gasteiger partial charge in [0.25, 0.3) is 12.3 Å². The van der Waals surface area contributed by atoms with E-state index >= 15 is 0 Å². The van der Waals surface area contributed by atoms with Gasteiger partial charge in [0.1, 0.15) is 11.7 Å². The van der Waals surface area contributed by atoms with Gasteiger partial charge >= 0.3 is 12.4 Å². The van der Waals surface area contributed by atoms with Crippen LogP contribution < -0.4 is 5.32 Å². The van der Waals surface area contributed by atoms with Crippen molar-refractivity contribution in [1.29, 1.82) is 0 Å². The maximum Gasteiger partial charge on any atom is 0.399 e. The number of carbonyl (C=O) groups excluding carboxylic acids is 1. The van der Waals surface area contributed by atoms with Crippen LogP contribution in [-0.2, 0) is 0 Å². The predicted octanol–water partition coefficient (Wildman–Crippen LogP) is 9.22. The number of rotatable bonds is 9. The van der Waals surface area contributed by atoms with Crippen LogP contribution in [0.25, 0.3) is 5.83 Å². The summed E-state index contributed by atoms with van der Waals surface area (Å²) in [6, 6.07) is 5.05. The Bertz CT molecular complexity index is 1140. The second-order valence-corrected chi connectivity index (χ2v) is 10.6. The number of thioether (sulfide) groups is 1. The van der Waals surface area contributed by atoms with Gasteiger partial charge < -0.3 is 5.32 Å². The van der Waals surface area contributed by atoms with Gasteiger partial charge in [-0.25, -0.2) is 13.2 Å². The monoisotopic (exact) mass is 685 g/mol. The molecule has 2 aromatic carbocycles. The van der Waals surface area contributed by atoms with E-state index in [9.17, 15) is 44.3 Å². The summed E-state index contributed by atoms with van der Waals surface area (Å²) in [4.78, 5) is 12.4. The first-order valence-corrected chi connectivity index (χ1v) is 13.0. The van der Waals surface area contributed by atoms with Crippen LogP contribution in [0.3, 0.4) is 0 Å². The Labute approximate surface area is 227 Å². The molecule has 0 radical (unpaired) electrons. The fourth-order valence-corrected chi connectivity index (χ4v) is 4.55. The normalized spacial score (nSPS) is 14.6. The van der Waals surface area contributed by atoms with Gasteiger partial charge in [-0.1, -0.05) is 12.1 Å². The molecule has 0 heterocycles. The summed E-state index contributed by atoms with van der Waals surface area (Å²) in [7, 11) is 0. The van der Waals surface area contributed by atoms with E-state index in [0.29, 0.717) is 22.3 Å². The summed E-state index contributed by atoms with van der Waals surface area (Å²) >= 11 is 6.69. The molecule has 1 N–H and O–H groups in total. The molecular weight excluding hydrogens is 669 g/mol. The number of amides is 1. The van der Waals surface area contributed by atoms with Crippen LogP contribution >= 0.6 is 43.6 Å². The molecule has 2 aromatic rings. The Morgan fingerprint density at radius 3 is 2.22 bits per heavy atom. The van der Waals surface area contributed by atoms with Crippen LogP contribution in [0, 0.1) is 0 Å². The van der Waals surface area contributed by atoms with Gasteiger partial charge in [0.05, 0.1) is 5.75 Å². The van der Waals surface area contributed by atoms with Crippen molar-refractivity contribution in [3.8, 4) is 0 Å². The summed E-state index contributed by atoms with van der Waals surface area (Å²) in [6.45, 7) is 1.37. The maximum atomic E-state index is 14.9. The van der Waals surface area contributed by atoms with E-state index in [0.717, 1.165) is 24.3 Å². The van der Waals surface area contributed by atoms with Crippen LogP contribution in [0.15, 0.2) is 51.4 Å². The zero-order chi connectivity index (χ0) is 28.1. The summed E-state index contributed by atoms with van der Waals surface area (Å²) in [5.41, 5.74) is -2.43. The number of halogens is 11. The molecule has 2 nitrogen and oxygen atoms in total. The summed E-state index contributed by atoms with van der Waals surface area (Å²) in [5, 5.41) is 2.28. The predicted molar refractivity (Wildman–Crippen MR) is 131 cm³/mol. The number of hydrogen-bond donors (Lipinski definition) is 1. The number of benzene rings is 2. The van der Waals surface area contributed by atoms with E-state index in [1.165, 1.54) is 13.0 Å². The molecule has 0 saturated carbocycles. The minimum atomic E-state index is -4.91. The lowest BCUT2D eigenvalue weighted by atomic mass is 9.95.